The maximum absolute atomic E-state index is 11.8. The van der Waals surface area contributed by atoms with Gasteiger partial charge in [-0.2, -0.15) is 0 Å². The van der Waals surface area contributed by atoms with Crippen LogP contribution in [0.1, 0.15) is 17.7 Å². The molecule has 1 N–H and O–H groups in total. The minimum atomic E-state index is -0.177. The Hall–Kier alpha value is -2.69. The number of carbonyl (C=O) groups excluding carboxylic acids is 1. The van der Waals surface area contributed by atoms with Gasteiger partial charge in [0.2, 0.25) is 5.91 Å². The van der Waals surface area contributed by atoms with Crippen molar-refractivity contribution in [3.05, 3.63) is 54.0 Å². The summed E-state index contributed by atoms with van der Waals surface area (Å²) in [6.07, 6.45) is 5.68. The zero-order chi connectivity index (χ0) is 15.2. The largest absolute Gasteiger partial charge is 0.490 e. The van der Waals surface area contributed by atoms with Crippen LogP contribution in [0.2, 0.25) is 0 Å². The van der Waals surface area contributed by atoms with E-state index in [-0.39, 0.29) is 5.91 Å². The fourth-order valence-corrected chi connectivity index (χ4v) is 2.10. The average molecular weight is 299 g/mol. The van der Waals surface area contributed by atoms with Gasteiger partial charge in [0, 0.05) is 12.5 Å². The third kappa shape index (κ3) is 3.69. The zero-order valence-electron chi connectivity index (χ0n) is 12.1. The van der Waals surface area contributed by atoms with E-state index in [0.717, 1.165) is 29.2 Å². The van der Waals surface area contributed by atoms with Crippen molar-refractivity contribution in [1.29, 1.82) is 0 Å². The van der Waals surface area contributed by atoms with Crippen molar-refractivity contribution in [2.24, 2.45) is 0 Å². The molecule has 1 aliphatic rings. The Kier molecular flexibility index (Phi) is 4.44. The summed E-state index contributed by atoms with van der Waals surface area (Å²) < 4.78 is 16.3. The molecule has 5 nitrogen and oxygen atoms in total. The molecule has 0 spiro atoms. The summed E-state index contributed by atoms with van der Waals surface area (Å²) in [5.41, 5.74) is 0.886. The number of hydrogen-bond acceptors (Lipinski definition) is 4. The highest BCUT2D eigenvalue weighted by molar-refractivity contribution is 5.91. The highest BCUT2D eigenvalue weighted by Crippen LogP contribution is 2.30. The van der Waals surface area contributed by atoms with E-state index >= 15 is 0 Å². The van der Waals surface area contributed by atoms with Gasteiger partial charge < -0.3 is 19.2 Å². The number of furan rings is 1. The lowest BCUT2D eigenvalue weighted by molar-refractivity contribution is -0.116. The van der Waals surface area contributed by atoms with Crippen LogP contribution in [0.4, 0.5) is 0 Å². The Morgan fingerprint density at radius 2 is 2.05 bits per heavy atom. The van der Waals surface area contributed by atoms with Crippen LogP contribution in [0.25, 0.3) is 6.08 Å². The Labute approximate surface area is 128 Å². The molecule has 0 fully saturated rings. The number of ether oxygens (including phenoxy) is 2. The topological polar surface area (TPSA) is 60.7 Å². The molecule has 114 valence electrons. The molecule has 2 aromatic rings. The Morgan fingerprint density at radius 1 is 1.18 bits per heavy atom. The molecule has 0 saturated heterocycles. The number of benzene rings is 1. The van der Waals surface area contributed by atoms with Crippen LogP contribution in [0.15, 0.2) is 47.1 Å². The molecular weight excluding hydrogens is 282 g/mol. The SMILES string of the molecule is O=C(/C=C/c1ccc2c(c1)OCCCO2)NCc1ccco1. The van der Waals surface area contributed by atoms with Gasteiger partial charge in [0.1, 0.15) is 5.76 Å². The lowest BCUT2D eigenvalue weighted by Gasteiger charge is -2.07. The minimum Gasteiger partial charge on any atom is -0.490 e. The number of carbonyl (C=O) groups is 1. The quantitative estimate of drug-likeness (QED) is 0.882. The number of fused-ring (bicyclic) bond motifs is 1. The van der Waals surface area contributed by atoms with E-state index in [1.165, 1.54) is 6.08 Å². The van der Waals surface area contributed by atoms with Gasteiger partial charge in [-0.25, -0.2) is 0 Å². The molecule has 1 aliphatic heterocycles. The molecular formula is C17H17NO4. The predicted octanol–water partition coefficient (Wildman–Crippen LogP) is 2.77. The average Bonchev–Trinajstić information content (AvgIpc) is 2.95. The highest BCUT2D eigenvalue weighted by Gasteiger charge is 2.09. The van der Waals surface area contributed by atoms with Crippen LogP contribution in [-0.4, -0.2) is 19.1 Å². The van der Waals surface area contributed by atoms with E-state index in [1.807, 2.05) is 24.3 Å². The van der Waals surface area contributed by atoms with Gasteiger partial charge in [-0.1, -0.05) is 6.07 Å². The van der Waals surface area contributed by atoms with Gasteiger partial charge >= 0.3 is 0 Å². The van der Waals surface area contributed by atoms with Crippen molar-refractivity contribution >= 4 is 12.0 Å². The molecule has 0 aliphatic carbocycles. The van der Waals surface area contributed by atoms with Crippen LogP contribution in [0, 0.1) is 0 Å². The molecule has 2 heterocycles. The second kappa shape index (κ2) is 6.85. The number of amides is 1. The van der Waals surface area contributed by atoms with Gasteiger partial charge in [-0.3, -0.25) is 4.79 Å². The molecule has 0 unspecified atom stereocenters. The summed E-state index contributed by atoms with van der Waals surface area (Å²) in [4.78, 5) is 11.8. The Bertz CT molecular complexity index is 661. The molecule has 0 atom stereocenters. The van der Waals surface area contributed by atoms with Crippen molar-refractivity contribution in [3.63, 3.8) is 0 Å². The van der Waals surface area contributed by atoms with Crippen LogP contribution in [0.5, 0.6) is 11.5 Å². The molecule has 3 rings (SSSR count). The van der Waals surface area contributed by atoms with Gasteiger partial charge in [0.25, 0.3) is 0 Å². The smallest absolute Gasteiger partial charge is 0.244 e. The van der Waals surface area contributed by atoms with Gasteiger partial charge in [0.15, 0.2) is 11.5 Å². The van der Waals surface area contributed by atoms with E-state index < -0.39 is 0 Å². The Balaban J connectivity index is 1.60. The number of nitrogens with one attached hydrogen (secondary N) is 1. The summed E-state index contributed by atoms with van der Waals surface area (Å²) in [5, 5.41) is 2.75. The van der Waals surface area contributed by atoms with Crippen molar-refractivity contribution in [2.45, 2.75) is 13.0 Å². The van der Waals surface area contributed by atoms with Crippen molar-refractivity contribution in [3.8, 4) is 11.5 Å². The lowest BCUT2D eigenvalue weighted by atomic mass is 10.2. The summed E-state index contributed by atoms with van der Waals surface area (Å²) >= 11 is 0. The highest BCUT2D eigenvalue weighted by atomic mass is 16.5. The van der Waals surface area contributed by atoms with Crippen molar-refractivity contribution in [2.75, 3.05) is 13.2 Å². The first-order valence-electron chi connectivity index (χ1n) is 7.19. The van der Waals surface area contributed by atoms with Gasteiger partial charge in [-0.05, 0) is 35.9 Å². The van der Waals surface area contributed by atoms with Crippen LogP contribution in [0.3, 0.4) is 0 Å². The molecule has 1 amide bonds. The van der Waals surface area contributed by atoms with E-state index in [0.29, 0.717) is 19.8 Å². The summed E-state index contributed by atoms with van der Waals surface area (Å²) in [6, 6.07) is 9.23. The van der Waals surface area contributed by atoms with E-state index in [9.17, 15) is 4.79 Å². The Morgan fingerprint density at radius 3 is 2.86 bits per heavy atom. The molecule has 22 heavy (non-hydrogen) atoms. The van der Waals surface area contributed by atoms with Crippen LogP contribution in [-0.2, 0) is 11.3 Å². The molecule has 0 saturated carbocycles. The second-order valence-electron chi connectivity index (χ2n) is 4.89. The summed E-state index contributed by atoms with van der Waals surface area (Å²) in [6.45, 7) is 1.68. The monoisotopic (exact) mass is 299 g/mol. The standard InChI is InChI=1S/C17H17NO4/c19-17(18-12-14-3-1-8-20-14)7-5-13-4-6-15-16(11-13)22-10-2-9-21-15/h1,3-8,11H,2,9-10,12H2,(H,18,19)/b7-5+. The number of rotatable bonds is 4. The third-order valence-corrected chi connectivity index (χ3v) is 3.22. The molecule has 0 radical (unpaired) electrons. The molecule has 0 bridgehead atoms. The van der Waals surface area contributed by atoms with E-state index in [1.54, 1.807) is 18.4 Å². The summed E-state index contributed by atoms with van der Waals surface area (Å²) in [5.74, 6) is 2.01. The maximum atomic E-state index is 11.8. The molecule has 5 heteroatoms. The maximum Gasteiger partial charge on any atom is 0.244 e. The van der Waals surface area contributed by atoms with E-state index in [4.69, 9.17) is 13.9 Å². The first kappa shape index (κ1) is 14.3. The normalized spacial score (nSPS) is 13.8. The van der Waals surface area contributed by atoms with Crippen LogP contribution >= 0.6 is 0 Å². The zero-order valence-corrected chi connectivity index (χ0v) is 12.1. The van der Waals surface area contributed by atoms with Gasteiger partial charge in [-0.15, -0.1) is 0 Å². The number of hydrogen-bond donors (Lipinski definition) is 1. The lowest BCUT2D eigenvalue weighted by Crippen LogP contribution is -2.19. The molecule has 1 aromatic carbocycles. The third-order valence-electron chi connectivity index (χ3n) is 3.22. The fraction of sp³-hybridized carbons (Fsp3) is 0.235. The van der Waals surface area contributed by atoms with Crippen molar-refractivity contribution < 1.29 is 18.7 Å². The summed E-state index contributed by atoms with van der Waals surface area (Å²) in [7, 11) is 0. The first-order chi connectivity index (χ1) is 10.8. The van der Waals surface area contributed by atoms with Crippen molar-refractivity contribution in [1.82, 2.24) is 5.32 Å². The van der Waals surface area contributed by atoms with E-state index in [2.05, 4.69) is 5.32 Å². The minimum absolute atomic E-state index is 0.177. The fourth-order valence-electron chi connectivity index (χ4n) is 2.10. The molecule has 1 aromatic heterocycles. The second-order valence-corrected chi connectivity index (χ2v) is 4.89. The van der Waals surface area contributed by atoms with Crippen LogP contribution < -0.4 is 14.8 Å². The predicted molar refractivity (Wildman–Crippen MR) is 81.6 cm³/mol. The first-order valence-corrected chi connectivity index (χ1v) is 7.19. The van der Waals surface area contributed by atoms with Gasteiger partial charge in [0.05, 0.1) is 26.0 Å².